The topological polar surface area (TPSA) is 69.7 Å². The number of anilines is 1. The van der Waals surface area contributed by atoms with Crippen LogP contribution in [0.15, 0.2) is 24.3 Å². The predicted molar refractivity (Wildman–Crippen MR) is 86.0 cm³/mol. The lowest BCUT2D eigenvalue weighted by Crippen LogP contribution is -2.43. The standard InChI is InChI=1S/C17H21N3O3/c1-11(2)9-13-16(22)20(17(23)18-13)10-15(21)19-8-7-12-5-3-4-6-14(12)19/h3-6,11,13H,7-10H2,1-2H3,(H,18,23)/t13-/m0/s1. The van der Waals surface area contributed by atoms with E-state index in [4.69, 9.17) is 0 Å². The minimum Gasteiger partial charge on any atom is -0.326 e. The third kappa shape index (κ3) is 2.93. The highest BCUT2D eigenvalue weighted by molar-refractivity contribution is 6.08. The Morgan fingerprint density at radius 1 is 1.30 bits per heavy atom. The second kappa shape index (κ2) is 6.02. The second-order valence-corrected chi connectivity index (χ2v) is 6.48. The maximum absolute atomic E-state index is 12.5. The number of benzene rings is 1. The van der Waals surface area contributed by atoms with Crippen LogP contribution in [0.1, 0.15) is 25.8 Å². The number of amides is 4. The minimum absolute atomic E-state index is 0.201. The first kappa shape index (κ1) is 15.5. The molecule has 1 atom stereocenters. The quantitative estimate of drug-likeness (QED) is 0.857. The number of urea groups is 1. The molecule has 2 aliphatic heterocycles. The number of hydrogen-bond acceptors (Lipinski definition) is 3. The molecule has 1 aromatic carbocycles. The summed E-state index contributed by atoms with van der Waals surface area (Å²) in [6.07, 6.45) is 1.39. The predicted octanol–water partition coefficient (Wildman–Crippen LogP) is 1.54. The average molecular weight is 315 g/mol. The van der Waals surface area contributed by atoms with Crippen molar-refractivity contribution in [1.29, 1.82) is 0 Å². The fourth-order valence-electron chi connectivity index (χ4n) is 3.18. The third-order valence-corrected chi connectivity index (χ3v) is 4.30. The maximum Gasteiger partial charge on any atom is 0.325 e. The van der Waals surface area contributed by atoms with Gasteiger partial charge in [-0.15, -0.1) is 0 Å². The molecule has 0 aromatic heterocycles. The smallest absolute Gasteiger partial charge is 0.325 e. The zero-order valence-electron chi connectivity index (χ0n) is 13.4. The van der Waals surface area contributed by atoms with E-state index in [2.05, 4.69) is 5.32 Å². The molecule has 3 rings (SSSR count). The van der Waals surface area contributed by atoms with Gasteiger partial charge in [0, 0.05) is 12.2 Å². The van der Waals surface area contributed by atoms with Crippen molar-refractivity contribution in [2.45, 2.75) is 32.7 Å². The van der Waals surface area contributed by atoms with Crippen LogP contribution >= 0.6 is 0 Å². The number of para-hydroxylation sites is 1. The van der Waals surface area contributed by atoms with Gasteiger partial charge in [-0.3, -0.25) is 14.5 Å². The molecule has 0 aliphatic carbocycles. The number of nitrogens with zero attached hydrogens (tertiary/aromatic N) is 2. The van der Waals surface area contributed by atoms with Gasteiger partial charge in [0.1, 0.15) is 12.6 Å². The van der Waals surface area contributed by atoms with E-state index >= 15 is 0 Å². The normalized spacial score (nSPS) is 20.2. The molecule has 6 heteroatoms. The van der Waals surface area contributed by atoms with Crippen molar-refractivity contribution >= 4 is 23.5 Å². The number of rotatable bonds is 4. The Kier molecular flexibility index (Phi) is 4.07. The summed E-state index contributed by atoms with van der Waals surface area (Å²) in [4.78, 5) is 39.5. The van der Waals surface area contributed by atoms with Crippen LogP contribution in [-0.2, 0) is 16.0 Å². The van der Waals surface area contributed by atoms with Crippen molar-refractivity contribution in [3.63, 3.8) is 0 Å². The number of carbonyl (C=O) groups is 3. The molecule has 23 heavy (non-hydrogen) atoms. The van der Waals surface area contributed by atoms with Crippen LogP contribution in [0.5, 0.6) is 0 Å². The Balaban J connectivity index is 1.69. The molecule has 1 fully saturated rings. The van der Waals surface area contributed by atoms with Gasteiger partial charge in [-0.1, -0.05) is 32.0 Å². The SMILES string of the molecule is CC(C)C[C@@H]1NC(=O)N(CC(=O)N2CCc3ccccc32)C1=O. The van der Waals surface area contributed by atoms with Crippen molar-refractivity contribution in [2.24, 2.45) is 5.92 Å². The van der Waals surface area contributed by atoms with Gasteiger partial charge in [0.05, 0.1) is 0 Å². The Morgan fingerprint density at radius 2 is 2.04 bits per heavy atom. The van der Waals surface area contributed by atoms with Gasteiger partial charge >= 0.3 is 6.03 Å². The lowest BCUT2D eigenvalue weighted by atomic mass is 10.0. The van der Waals surface area contributed by atoms with Gasteiger partial charge in [0.15, 0.2) is 0 Å². The Labute approximate surface area is 135 Å². The Morgan fingerprint density at radius 3 is 2.78 bits per heavy atom. The monoisotopic (exact) mass is 315 g/mol. The Hall–Kier alpha value is -2.37. The molecule has 122 valence electrons. The first-order chi connectivity index (χ1) is 11.0. The van der Waals surface area contributed by atoms with Gasteiger partial charge in [-0.05, 0) is 30.4 Å². The molecular formula is C17H21N3O3. The van der Waals surface area contributed by atoms with E-state index in [0.717, 1.165) is 22.6 Å². The molecule has 2 aliphatic rings. The number of hydrogen-bond donors (Lipinski definition) is 1. The fourth-order valence-corrected chi connectivity index (χ4v) is 3.18. The summed E-state index contributed by atoms with van der Waals surface area (Å²) in [6.45, 7) is 4.38. The molecule has 0 bridgehead atoms. The third-order valence-electron chi connectivity index (χ3n) is 4.30. The first-order valence-corrected chi connectivity index (χ1v) is 7.97. The van der Waals surface area contributed by atoms with Crippen molar-refractivity contribution < 1.29 is 14.4 Å². The van der Waals surface area contributed by atoms with Crippen LogP contribution in [0.4, 0.5) is 10.5 Å². The first-order valence-electron chi connectivity index (χ1n) is 7.97. The number of carbonyl (C=O) groups excluding carboxylic acids is 3. The molecule has 0 spiro atoms. The lowest BCUT2D eigenvalue weighted by Gasteiger charge is -2.20. The number of fused-ring (bicyclic) bond motifs is 1. The van der Waals surface area contributed by atoms with E-state index < -0.39 is 12.1 Å². The van der Waals surface area contributed by atoms with E-state index in [0.29, 0.717) is 18.9 Å². The number of nitrogens with one attached hydrogen (secondary N) is 1. The van der Waals surface area contributed by atoms with Crippen LogP contribution in [-0.4, -0.2) is 41.9 Å². The molecule has 1 aromatic rings. The molecule has 0 radical (unpaired) electrons. The van der Waals surface area contributed by atoms with Crippen molar-refractivity contribution in [2.75, 3.05) is 18.0 Å². The number of imide groups is 1. The molecule has 6 nitrogen and oxygen atoms in total. The van der Waals surface area contributed by atoms with Crippen molar-refractivity contribution in [1.82, 2.24) is 10.2 Å². The summed E-state index contributed by atoms with van der Waals surface area (Å²) >= 11 is 0. The highest BCUT2D eigenvalue weighted by atomic mass is 16.2. The van der Waals surface area contributed by atoms with E-state index in [1.807, 2.05) is 38.1 Å². The minimum atomic E-state index is -0.513. The highest BCUT2D eigenvalue weighted by Crippen LogP contribution is 2.27. The van der Waals surface area contributed by atoms with Gasteiger partial charge in [0.2, 0.25) is 5.91 Å². The van der Waals surface area contributed by atoms with Crippen LogP contribution in [0, 0.1) is 5.92 Å². The largest absolute Gasteiger partial charge is 0.326 e. The molecule has 2 heterocycles. The zero-order chi connectivity index (χ0) is 16.6. The van der Waals surface area contributed by atoms with Crippen molar-refractivity contribution in [3.05, 3.63) is 29.8 Å². The summed E-state index contributed by atoms with van der Waals surface area (Å²) in [6, 6.07) is 6.74. The molecule has 4 amide bonds. The maximum atomic E-state index is 12.5. The van der Waals surface area contributed by atoms with E-state index in [1.54, 1.807) is 4.90 Å². The summed E-state index contributed by atoms with van der Waals surface area (Å²) < 4.78 is 0. The van der Waals surface area contributed by atoms with Gasteiger partial charge in [-0.2, -0.15) is 0 Å². The zero-order valence-corrected chi connectivity index (χ0v) is 13.4. The molecule has 0 saturated carbocycles. The summed E-state index contributed by atoms with van der Waals surface area (Å²) in [5.41, 5.74) is 2.00. The van der Waals surface area contributed by atoms with Crippen LogP contribution in [0.2, 0.25) is 0 Å². The van der Waals surface area contributed by atoms with Crippen LogP contribution in [0.25, 0.3) is 0 Å². The van der Waals surface area contributed by atoms with E-state index in [9.17, 15) is 14.4 Å². The van der Waals surface area contributed by atoms with Gasteiger partial charge < -0.3 is 10.2 Å². The summed E-state index contributed by atoms with van der Waals surface area (Å²) in [5.74, 6) is -0.224. The lowest BCUT2D eigenvalue weighted by molar-refractivity contribution is -0.131. The highest BCUT2D eigenvalue weighted by Gasteiger charge is 2.40. The van der Waals surface area contributed by atoms with Crippen LogP contribution < -0.4 is 10.2 Å². The van der Waals surface area contributed by atoms with Gasteiger partial charge in [0.25, 0.3) is 5.91 Å². The second-order valence-electron chi connectivity index (χ2n) is 6.48. The van der Waals surface area contributed by atoms with E-state index in [-0.39, 0.29) is 18.4 Å². The van der Waals surface area contributed by atoms with Crippen LogP contribution in [0.3, 0.4) is 0 Å². The van der Waals surface area contributed by atoms with Crippen molar-refractivity contribution in [3.8, 4) is 0 Å². The molecule has 1 saturated heterocycles. The molecule has 0 unspecified atom stereocenters. The average Bonchev–Trinajstić information content (AvgIpc) is 3.04. The Bertz CT molecular complexity index is 656. The van der Waals surface area contributed by atoms with E-state index in [1.165, 1.54) is 0 Å². The summed E-state index contributed by atoms with van der Waals surface area (Å²) in [5, 5.41) is 2.67. The molecule has 1 N–H and O–H groups in total. The summed E-state index contributed by atoms with van der Waals surface area (Å²) in [7, 11) is 0. The van der Waals surface area contributed by atoms with Gasteiger partial charge in [-0.25, -0.2) is 4.79 Å². The molecular weight excluding hydrogens is 294 g/mol. The fraction of sp³-hybridized carbons (Fsp3) is 0.471.